The molecular weight excluding hydrogens is 627 g/mol. The molecule has 6 rings (SSSR count). The first kappa shape index (κ1) is 32.2. The first-order valence-corrected chi connectivity index (χ1v) is 17.2. The van der Waals surface area contributed by atoms with Crippen molar-refractivity contribution in [1.82, 2.24) is 9.80 Å². The van der Waals surface area contributed by atoms with E-state index in [-0.39, 0.29) is 23.7 Å². The van der Waals surface area contributed by atoms with Crippen molar-refractivity contribution in [2.75, 3.05) is 13.1 Å². The number of carbonyl (C=O) groups is 2. The first-order chi connectivity index (χ1) is 21.3. The molecule has 2 atom stereocenters. The van der Waals surface area contributed by atoms with Gasteiger partial charge >= 0.3 is 0 Å². The molecule has 44 heavy (non-hydrogen) atoms. The van der Waals surface area contributed by atoms with E-state index in [1.54, 1.807) is 22.7 Å². The number of benzene rings is 2. The van der Waals surface area contributed by atoms with Crippen molar-refractivity contribution in [1.29, 1.82) is 0 Å². The summed E-state index contributed by atoms with van der Waals surface area (Å²) in [4.78, 5) is 30.3. The number of hydrogen-bond acceptors (Lipinski definition) is 4. The summed E-state index contributed by atoms with van der Waals surface area (Å²) in [5.74, 6) is 0.336. The predicted octanol–water partition coefficient (Wildman–Crippen LogP) is 9.25. The summed E-state index contributed by atoms with van der Waals surface area (Å²) in [5, 5.41) is 0. The van der Waals surface area contributed by atoms with Crippen LogP contribution in [0.1, 0.15) is 68.8 Å². The molecule has 0 spiro atoms. The fourth-order valence-electron chi connectivity index (χ4n) is 6.29. The van der Waals surface area contributed by atoms with Gasteiger partial charge in [0.25, 0.3) is 0 Å². The fraction of sp³-hybridized carbons (Fsp3) is 0.278. The number of halogens is 2. The lowest BCUT2D eigenvalue weighted by atomic mass is 9.85. The highest BCUT2D eigenvalue weighted by atomic mass is 35.5. The second-order valence-electron chi connectivity index (χ2n) is 10.9. The molecule has 4 aromatic rings. The normalized spacial score (nSPS) is 17.2. The van der Waals surface area contributed by atoms with Gasteiger partial charge in [0.05, 0.1) is 21.8 Å². The van der Waals surface area contributed by atoms with Crippen LogP contribution in [0.25, 0.3) is 0 Å². The number of fused-ring (bicyclic) bond motifs is 2. The van der Waals surface area contributed by atoms with Gasteiger partial charge in [0.2, 0.25) is 11.8 Å². The molecule has 2 aromatic heterocycles. The molecule has 4 heterocycles. The Morgan fingerprint density at radius 1 is 0.727 bits per heavy atom. The van der Waals surface area contributed by atoms with E-state index in [0.29, 0.717) is 26.2 Å². The van der Waals surface area contributed by atoms with E-state index in [1.807, 2.05) is 9.80 Å². The maximum absolute atomic E-state index is 12.1. The van der Waals surface area contributed by atoms with E-state index in [4.69, 9.17) is 23.2 Å². The molecule has 2 aliphatic heterocycles. The van der Waals surface area contributed by atoms with Gasteiger partial charge in [-0.3, -0.25) is 9.59 Å². The van der Waals surface area contributed by atoms with Gasteiger partial charge in [0.15, 0.2) is 0 Å². The second kappa shape index (κ2) is 14.3. The smallest absolute Gasteiger partial charge is 0.246 e. The first-order valence-electron chi connectivity index (χ1n) is 14.8. The maximum atomic E-state index is 12.1. The summed E-state index contributed by atoms with van der Waals surface area (Å²) in [6, 6.07) is 21.1. The molecule has 0 saturated carbocycles. The molecule has 0 bridgehead atoms. The van der Waals surface area contributed by atoms with Crippen molar-refractivity contribution in [2.45, 2.75) is 51.6 Å². The third-order valence-corrected chi connectivity index (χ3v) is 11.0. The molecule has 4 nitrogen and oxygen atoms in total. The molecule has 0 saturated heterocycles. The Bertz CT molecular complexity index is 1570. The molecule has 8 heteroatoms. The highest BCUT2D eigenvalue weighted by Gasteiger charge is 2.32. The van der Waals surface area contributed by atoms with Crippen molar-refractivity contribution in [3.05, 3.63) is 138 Å². The van der Waals surface area contributed by atoms with Crippen LogP contribution in [0.15, 0.2) is 86.0 Å². The minimum Gasteiger partial charge on any atom is -0.333 e. The lowest BCUT2D eigenvalue weighted by molar-refractivity contribution is -0.127. The third-order valence-electron chi connectivity index (χ3n) is 8.44. The summed E-state index contributed by atoms with van der Waals surface area (Å²) in [6.07, 6.45) is 4.75. The van der Waals surface area contributed by atoms with Crippen molar-refractivity contribution < 1.29 is 9.59 Å². The molecule has 228 valence electrons. The predicted molar refractivity (Wildman–Crippen MR) is 185 cm³/mol. The van der Waals surface area contributed by atoms with Crippen LogP contribution in [0.5, 0.6) is 0 Å². The number of amides is 2. The van der Waals surface area contributed by atoms with Gasteiger partial charge in [-0.1, -0.05) is 98.7 Å². The second-order valence-corrected chi connectivity index (χ2v) is 14.4. The van der Waals surface area contributed by atoms with Gasteiger partial charge in [-0.05, 0) is 70.5 Å². The lowest BCUT2D eigenvalue weighted by Gasteiger charge is -2.33. The number of thiophene rings is 2. The average Bonchev–Trinajstić information content (AvgIpc) is 3.63. The summed E-state index contributed by atoms with van der Waals surface area (Å²) < 4.78 is 1.58. The zero-order valence-corrected chi connectivity index (χ0v) is 28.2. The molecule has 0 N–H and O–H groups in total. The Morgan fingerprint density at radius 3 is 1.48 bits per heavy atom. The Kier molecular flexibility index (Phi) is 10.5. The van der Waals surface area contributed by atoms with Crippen LogP contribution in [-0.4, -0.2) is 34.7 Å². The largest absolute Gasteiger partial charge is 0.333 e. The highest BCUT2D eigenvalue weighted by Crippen LogP contribution is 2.42. The average molecular weight is 664 g/mol. The summed E-state index contributed by atoms with van der Waals surface area (Å²) in [6.45, 7) is 14.2. The molecule has 2 amide bonds. The molecule has 2 aromatic carbocycles. The van der Waals surface area contributed by atoms with Crippen molar-refractivity contribution in [3.8, 4) is 0 Å². The SMILES string of the molecule is C=CC(=O)N1Cc2sc(Cl)cc2[C@@H](c2ccccc2CC)C1.C=CC(=O)N1Cc2sc(Cl)cc2[C@H](c2ccccc2CC)C1. The number of nitrogens with zero attached hydrogens (tertiary/aromatic N) is 2. The van der Waals surface area contributed by atoms with E-state index < -0.39 is 0 Å². The van der Waals surface area contributed by atoms with Crippen LogP contribution in [0.4, 0.5) is 0 Å². The van der Waals surface area contributed by atoms with Crippen LogP contribution in [-0.2, 0) is 35.5 Å². The zero-order valence-electron chi connectivity index (χ0n) is 25.0. The van der Waals surface area contributed by atoms with Crippen LogP contribution < -0.4 is 0 Å². The highest BCUT2D eigenvalue weighted by molar-refractivity contribution is 7.16. The minimum atomic E-state index is -0.0193. The summed E-state index contributed by atoms with van der Waals surface area (Å²) in [7, 11) is 0. The topological polar surface area (TPSA) is 40.6 Å². The molecule has 0 fully saturated rings. The molecule has 0 radical (unpaired) electrons. The molecule has 2 aliphatic rings. The lowest BCUT2D eigenvalue weighted by Crippen LogP contribution is -2.37. The Hall–Kier alpha value is -3.16. The minimum absolute atomic E-state index is 0.0193. The zero-order chi connectivity index (χ0) is 31.4. The van der Waals surface area contributed by atoms with Crippen LogP contribution in [0.2, 0.25) is 8.67 Å². The Labute approximate surface area is 278 Å². The van der Waals surface area contributed by atoms with Gasteiger partial charge in [-0.2, -0.15) is 0 Å². The summed E-state index contributed by atoms with van der Waals surface area (Å²) in [5.41, 5.74) is 7.78. The Balaban J connectivity index is 0.000000175. The van der Waals surface area contributed by atoms with E-state index in [0.717, 1.165) is 21.5 Å². The van der Waals surface area contributed by atoms with Gasteiger partial charge in [0, 0.05) is 34.7 Å². The Morgan fingerprint density at radius 2 is 1.11 bits per heavy atom. The van der Waals surface area contributed by atoms with Crippen LogP contribution >= 0.6 is 45.9 Å². The van der Waals surface area contributed by atoms with Gasteiger partial charge in [0.1, 0.15) is 0 Å². The van der Waals surface area contributed by atoms with Crippen molar-refractivity contribution in [3.63, 3.8) is 0 Å². The monoisotopic (exact) mass is 662 g/mol. The number of aryl methyl sites for hydroxylation is 2. The van der Waals surface area contributed by atoms with E-state index >= 15 is 0 Å². The molecule has 0 aliphatic carbocycles. The number of carbonyl (C=O) groups excluding carboxylic acids is 2. The van der Waals surface area contributed by atoms with Gasteiger partial charge in [-0.25, -0.2) is 0 Å². The van der Waals surface area contributed by atoms with Crippen molar-refractivity contribution in [2.24, 2.45) is 0 Å². The number of hydrogen-bond donors (Lipinski definition) is 0. The molecule has 0 unspecified atom stereocenters. The van der Waals surface area contributed by atoms with E-state index in [1.165, 1.54) is 55.3 Å². The van der Waals surface area contributed by atoms with Crippen LogP contribution in [0, 0.1) is 0 Å². The summed E-state index contributed by atoms with van der Waals surface area (Å²) >= 11 is 15.6. The maximum Gasteiger partial charge on any atom is 0.246 e. The quantitative estimate of drug-likeness (QED) is 0.193. The third kappa shape index (κ3) is 6.74. The standard InChI is InChI=1S/2C18H18ClNOS/c2*1-3-12-7-5-6-8-13(12)15-10-20(18(21)4-2)11-16-14(15)9-17(19)22-16/h2*4-9,15H,2-3,10-11H2,1H3/t2*15-/m10/s1. The van der Waals surface area contributed by atoms with Gasteiger partial charge in [-0.15, -0.1) is 22.7 Å². The van der Waals surface area contributed by atoms with E-state index in [9.17, 15) is 9.59 Å². The fourth-order valence-corrected chi connectivity index (χ4v) is 9.00. The van der Waals surface area contributed by atoms with Gasteiger partial charge < -0.3 is 9.80 Å². The van der Waals surface area contributed by atoms with Crippen molar-refractivity contribution >= 4 is 57.7 Å². The number of rotatable bonds is 6. The molecular formula is C36H36Cl2N2O2S2. The van der Waals surface area contributed by atoms with E-state index in [2.05, 4.69) is 87.7 Å². The van der Waals surface area contributed by atoms with Crippen LogP contribution in [0.3, 0.4) is 0 Å².